The summed E-state index contributed by atoms with van der Waals surface area (Å²) in [6.07, 6.45) is 1.81. The first-order chi connectivity index (χ1) is 11.2. The van der Waals surface area contributed by atoms with Gasteiger partial charge in [-0.05, 0) is 23.3 Å². The minimum Gasteiger partial charge on any atom is -0.379 e. The van der Waals surface area contributed by atoms with Crippen molar-refractivity contribution in [1.82, 2.24) is 4.57 Å². The fourth-order valence-electron chi connectivity index (χ4n) is 2.39. The first-order valence-electron chi connectivity index (χ1n) is 7.44. The molecule has 0 saturated carbocycles. The van der Waals surface area contributed by atoms with Crippen LogP contribution in [0.2, 0.25) is 0 Å². The third-order valence-corrected chi connectivity index (χ3v) is 3.60. The van der Waals surface area contributed by atoms with Gasteiger partial charge < -0.3 is 9.88 Å². The quantitative estimate of drug-likeness (QED) is 0.780. The molecule has 0 spiro atoms. The summed E-state index contributed by atoms with van der Waals surface area (Å²) < 4.78 is 15.3. The molecule has 1 heterocycles. The predicted molar refractivity (Wildman–Crippen MR) is 90.0 cm³/mol. The van der Waals surface area contributed by atoms with Crippen LogP contribution in [0.3, 0.4) is 0 Å². The van der Waals surface area contributed by atoms with Gasteiger partial charge in [0, 0.05) is 18.8 Å². The summed E-state index contributed by atoms with van der Waals surface area (Å²) in [5, 5.41) is 3.05. The number of nitrogens with zero attached hydrogens (tertiary/aromatic N) is 1. The lowest BCUT2D eigenvalue weighted by Crippen LogP contribution is -2.20. The van der Waals surface area contributed by atoms with Crippen LogP contribution in [0.15, 0.2) is 77.7 Å². The lowest BCUT2D eigenvalue weighted by Gasteiger charge is -2.10. The van der Waals surface area contributed by atoms with E-state index < -0.39 is 0 Å². The molecule has 0 saturated heterocycles. The normalized spacial score (nSPS) is 10.5. The number of rotatable bonds is 5. The van der Waals surface area contributed by atoms with E-state index in [1.54, 1.807) is 34.9 Å². The Morgan fingerprint density at radius 1 is 0.870 bits per heavy atom. The summed E-state index contributed by atoms with van der Waals surface area (Å²) in [5.74, 6) is -0.287. The van der Waals surface area contributed by atoms with E-state index in [1.807, 2.05) is 36.5 Å². The van der Waals surface area contributed by atoms with E-state index in [-0.39, 0.29) is 11.4 Å². The molecule has 0 radical (unpaired) electrons. The van der Waals surface area contributed by atoms with Crippen LogP contribution in [0.5, 0.6) is 0 Å². The van der Waals surface area contributed by atoms with E-state index in [9.17, 15) is 9.18 Å². The van der Waals surface area contributed by atoms with Crippen molar-refractivity contribution >= 4 is 5.69 Å². The Kier molecular flexibility index (Phi) is 4.52. The Hall–Kier alpha value is -2.88. The average molecular weight is 308 g/mol. The summed E-state index contributed by atoms with van der Waals surface area (Å²) in [7, 11) is 0. The molecule has 116 valence electrons. The Bertz CT molecular complexity index is 843. The summed E-state index contributed by atoms with van der Waals surface area (Å²) in [5.41, 5.74) is 2.38. The van der Waals surface area contributed by atoms with Gasteiger partial charge in [-0.2, -0.15) is 0 Å². The van der Waals surface area contributed by atoms with Crippen molar-refractivity contribution in [3.8, 4) is 0 Å². The highest BCUT2D eigenvalue weighted by molar-refractivity contribution is 5.44. The summed E-state index contributed by atoms with van der Waals surface area (Å²) in [6.45, 7) is 0.975. The maximum Gasteiger partial charge on any atom is 0.250 e. The monoisotopic (exact) mass is 308 g/mol. The van der Waals surface area contributed by atoms with Gasteiger partial charge in [0.25, 0.3) is 5.56 Å². The summed E-state index contributed by atoms with van der Waals surface area (Å²) in [6, 6.07) is 19.7. The Labute approximate surface area is 134 Å². The van der Waals surface area contributed by atoms with E-state index in [1.165, 1.54) is 6.07 Å². The fourth-order valence-corrected chi connectivity index (χ4v) is 2.39. The van der Waals surface area contributed by atoms with Gasteiger partial charge in [-0.15, -0.1) is 0 Å². The Balaban J connectivity index is 1.75. The van der Waals surface area contributed by atoms with Crippen molar-refractivity contribution in [1.29, 1.82) is 0 Å². The zero-order valence-corrected chi connectivity index (χ0v) is 12.6. The van der Waals surface area contributed by atoms with Crippen molar-refractivity contribution in [2.24, 2.45) is 0 Å². The molecular formula is C19H17FN2O. The minimum absolute atomic E-state index is 0.0523. The molecule has 1 N–H and O–H groups in total. The Morgan fingerprint density at radius 2 is 1.61 bits per heavy atom. The van der Waals surface area contributed by atoms with E-state index in [4.69, 9.17) is 0 Å². The number of halogens is 1. The van der Waals surface area contributed by atoms with E-state index in [0.29, 0.717) is 18.8 Å². The van der Waals surface area contributed by atoms with Crippen molar-refractivity contribution in [2.45, 2.75) is 13.1 Å². The van der Waals surface area contributed by atoms with E-state index in [0.717, 1.165) is 11.1 Å². The minimum atomic E-state index is -0.287. The second-order valence-corrected chi connectivity index (χ2v) is 5.32. The van der Waals surface area contributed by atoms with Gasteiger partial charge in [-0.25, -0.2) is 4.39 Å². The largest absolute Gasteiger partial charge is 0.379 e. The molecule has 0 aliphatic rings. The average Bonchev–Trinajstić information content (AvgIpc) is 2.58. The standard InChI is InChI=1S/C19H17FN2O/c20-17-8-4-5-9-18(17)21-12-16-10-11-19(23)22(14-16)13-15-6-2-1-3-7-15/h1-11,14,21H,12-13H2. The molecule has 0 amide bonds. The van der Waals surface area contributed by atoms with Gasteiger partial charge in [0.15, 0.2) is 0 Å². The number of hydrogen-bond donors (Lipinski definition) is 1. The number of hydrogen-bond acceptors (Lipinski definition) is 2. The fraction of sp³-hybridized carbons (Fsp3) is 0.105. The number of para-hydroxylation sites is 1. The lowest BCUT2D eigenvalue weighted by molar-refractivity contribution is 0.630. The van der Waals surface area contributed by atoms with Crippen LogP contribution < -0.4 is 10.9 Å². The molecule has 0 aliphatic carbocycles. The van der Waals surface area contributed by atoms with Crippen LogP contribution in [0.4, 0.5) is 10.1 Å². The molecular weight excluding hydrogens is 291 g/mol. The molecule has 3 nitrogen and oxygen atoms in total. The Morgan fingerprint density at radius 3 is 2.39 bits per heavy atom. The van der Waals surface area contributed by atoms with Crippen molar-refractivity contribution < 1.29 is 4.39 Å². The smallest absolute Gasteiger partial charge is 0.250 e. The second kappa shape index (κ2) is 6.92. The molecule has 0 atom stereocenters. The molecule has 1 aromatic heterocycles. The molecule has 0 aliphatic heterocycles. The van der Waals surface area contributed by atoms with Gasteiger partial charge in [0.05, 0.1) is 12.2 Å². The molecule has 3 aromatic rings. The van der Waals surface area contributed by atoms with Crippen molar-refractivity contribution in [3.63, 3.8) is 0 Å². The highest BCUT2D eigenvalue weighted by Gasteiger charge is 2.03. The first-order valence-corrected chi connectivity index (χ1v) is 7.44. The molecule has 2 aromatic carbocycles. The first kappa shape index (κ1) is 15.0. The topological polar surface area (TPSA) is 34.0 Å². The molecule has 3 rings (SSSR count). The number of benzene rings is 2. The zero-order valence-electron chi connectivity index (χ0n) is 12.6. The van der Waals surface area contributed by atoms with Gasteiger partial charge in [0.1, 0.15) is 5.82 Å². The van der Waals surface area contributed by atoms with E-state index >= 15 is 0 Å². The molecule has 0 fully saturated rings. The van der Waals surface area contributed by atoms with Gasteiger partial charge in [-0.3, -0.25) is 4.79 Å². The molecule has 23 heavy (non-hydrogen) atoms. The summed E-state index contributed by atoms with van der Waals surface area (Å²) >= 11 is 0. The van der Waals surface area contributed by atoms with Gasteiger partial charge in [0.2, 0.25) is 0 Å². The van der Waals surface area contributed by atoms with Gasteiger partial charge in [-0.1, -0.05) is 48.5 Å². The second-order valence-electron chi connectivity index (χ2n) is 5.32. The number of anilines is 1. The number of nitrogens with one attached hydrogen (secondary N) is 1. The van der Waals surface area contributed by atoms with Crippen molar-refractivity contribution in [3.05, 3.63) is 100 Å². The molecule has 0 unspecified atom stereocenters. The third-order valence-electron chi connectivity index (χ3n) is 3.60. The summed E-state index contributed by atoms with van der Waals surface area (Å²) in [4.78, 5) is 12.0. The van der Waals surface area contributed by atoms with Gasteiger partial charge >= 0.3 is 0 Å². The predicted octanol–water partition coefficient (Wildman–Crippen LogP) is 3.65. The molecule has 0 bridgehead atoms. The number of aromatic nitrogens is 1. The van der Waals surface area contributed by atoms with Crippen LogP contribution >= 0.6 is 0 Å². The van der Waals surface area contributed by atoms with Crippen molar-refractivity contribution in [2.75, 3.05) is 5.32 Å². The maximum absolute atomic E-state index is 13.6. The zero-order chi connectivity index (χ0) is 16.1. The lowest BCUT2D eigenvalue weighted by atomic mass is 10.2. The highest BCUT2D eigenvalue weighted by atomic mass is 19.1. The molecule has 4 heteroatoms. The van der Waals surface area contributed by atoms with Crippen LogP contribution in [0.1, 0.15) is 11.1 Å². The van der Waals surface area contributed by atoms with Crippen LogP contribution in [-0.4, -0.2) is 4.57 Å². The third kappa shape index (κ3) is 3.86. The van der Waals surface area contributed by atoms with Crippen LogP contribution in [-0.2, 0) is 13.1 Å². The van der Waals surface area contributed by atoms with E-state index in [2.05, 4.69) is 5.32 Å². The van der Waals surface area contributed by atoms with Crippen LogP contribution in [0, 0.1) is 5.82 Å². The highest BCUT2D eigenvalue weighted by Crippen LogP contribution is 2.13. The number of pyridine rings is 1. The van der Waals surface area contributed by atoms with Crippen LogP contribution in [0.25, 0.3) is 0 Å². The SMILES string of the molecule is O=c1ccc(CNc2ccccc2F)cn1Cc1ccccc1. The maximum atomic E-state index is 13.6.